The van der Waals surface area contributed by atoms with Crippen LogP contribution in [0.2, 0.25) is 16.6 Å². The maximum Gasteiger partial charge on any atom is 0.414 e. The molecule has 2 amide bonds. The van der Waals surface area contributed by atoms with E-state index >= 15 is 0 Å². The van der Waals surface area contributed by atoms with Crippen LogP contribution < -0.4 is 10.2 Å². The van der Waals surface area contributed by atoms with Crippen LogP contribution in [0.4, 0.5) is 10.5 Å². The Bertz CT molecular complexity index is 1290. The number of benzene rings is 1. The zero-order valence-electron chi connectivity index (χ0n) is 27.4. The van der Waals surface area contributed by atoms with Gasteiger partial charge in [-0.05, 0) is 60.9 Å². The number of nitriles is 1. The molecule has 0 bridgehead atoms. The quantitative estimate of drug-likeness (QED) is 0.277. The summed E-state index contributed by atoms with van der Waals surface area (Å²) < 4.78 is 18.0. The molecule has 2 N–H and O–H groups in total. The highest BCUT2D eigenvalue weighted by molar-refractivity contribution is 6.77. The zero-order valence-corrected chi connectivity index (χ0v) is 28.4. The lowest BCUT2D eigenvalue weighted by Gasteiger charge is -2.55. The summed E-state index contributed by atoms with van der Waals surface area (Å²) >= 11 is 0. The Morgan fingerprint density at radius 3 is 2.27 bits per heavy atom. The molecule has 1 aromatic rings. The van der Waals surface area contributed by atoms with E-state index in [9.17, 15) is 24.8 Å². The number of ether oxygens (including phenoxy) is 2. The molecule has 2 fully saturated rings. The molecule has 4 rings (SSSR count). The van der Waals surface area contributed by atoms with Crippen LogP contribution in [0.15, 0.2) is 24.3 Å². The topological polar surface area (TPSA) is 138 Å². The molecule has 3 aliphatic rings. The summed E-state index contributed by atoms with van der Waals surface area (Å²) in [6, 6.07) is 9.93. The largest absolute Gasteiger partial charge is 0.466 e. The van der Waals surface area contributed by atoms with Crippen molar-refractivity contribution in [1.29, 1.82) is 5.26 Å². The van der Waals surface area contributed by atoms with E-state index in [2.05, 4.69) is 52.9 Å². The molecular formula is C33H49N3O7Si. The number of hydrogen-bond acceptors (Lipinski definition) is 8. The SMILES string of the molecule is CCOC(=O)[C@H]1C[C@]2(CC[C@@]13N(C(=O)OC)c1ccccc1[C@@]3(C#N)CCO[Si](C(C)C)(C(C)C)C(C)C)CC(O)C(=O)N2. The van der Waals surface area contributed by atoms with E-state index in [1.807, 2.05) is 12.1 Å². The first-order chi connectivity index (χ1) is 20.7. The number of para-hydroxylation sites is 1. The average molecular weight is 628 g/mol. The Labute approximate surface area is 262 Å². The summed E-state index contributed by atoms with van der Waals surface area (Å²) in [5.74, 6) is -2.05. The number of anilines is 1. The fourth-order valence-corrected chi connectivity index (χ4v) is 14.6. The molecule has 1 aliphatic carbocycles. The maximum atomic E-state index is 14.1. The third kappa shape index (κ3) is 4.94. The predicted molar refractivity (Wildman–Crippen MR) is 168 cm³/mol. The highest BCUT2D eigenvalue weighted by Crippen LogP contribution is 2.63. The van der Waals surface area contributed by atoms with Crippen molar-refractivity contribution < 1.29 is 33.4 Å². The van der Waals surface area contributed by atoms with Crippen LogP contribution in [0.1, 0.15) is 86.1 Å². The van der Waals surface area contributed by atoms with E-state index in [1.54, 1.807) is 19.1 Å². The summed E-state index contributed by atoms with van der Waals surface area (Å²) in [5, 5.41) is 24.7. The Hall–Kier alpha value is -2.94. The summed E-state index contributed by atoms with van der Waals surface area (Å²) in [5.41, 5.74) is -1.48. The van der Waals surface area contributed by atoms with Gasteiger partial charge in [-0.1, -0.05) is 59.7 Å². The number of methoxy groups -OCH3 is 1. The van der Waals surface area contributed by atoms with Gasteiger partial charge in [0.25, 0.3) is 0 Å². The second kappa shape index (κ2) is 12.5. The molecule has 2 aliphatic heterocycles. The molecule has 2 spiro atoms. The normalized spacial score (nSPS) is 29.8. The number of carbonyl (C=O) groups is 3. The summed E-state index contributed by atoms with van der Waals surface area (Å²) in [6.45, 7) is 15.3. The zero-order chi connectivity index (χ0) is 32.7. The van der Waals surface area contributed by atoms with Crippen LogP contribution in [0.25, 0.3) is 0 Å². The van der Waals surface area contributed by atoms with Crippen molar-refractivity contribution in [2.24, 2.45) is 5.92 Å². The number of aliphatic hydroxyl groups is 1. The summed E-state index contributed by atoms with van der Waals surface area (Å²) in [7, 11) is -1.03. The van der Waals surface area contributed by atoms with Crippen LogP contribution >= 0.6 is 0 Å². The van der Waals surface area contributed by atoms with Gasteiger partial charge >= 0.3 is 12.1 Å². The highest BCUT2D eigenvalue weighted by atomic mass is 28.4. The second-order valence-corrected chi connectivity index (χ2v) is 19.1. The molecule has 242 valence electrons. The number of rotatable bonds is 9. The number of esters is 1. The number of nitrogens with one attached hydrogen (secondary N) is 1. The Kier molecular flexibility index (Phi) is 9.60. The predicted octanol–water partition coefficient (Wildman–Crippen LogP) is 5.34. The fourth-order valence-electron chi connectivity index (χ4n) is 9.19. The standard InChI is InChI=1S/C33H49N3O7Si/c1-9-42-29(39)25-18-31(19-27(37)28(38)35-31)14-15-33(25)32(20-34,16-17-43-44(21(2)3,22(4)5)23(6)7)24-12-10-11-13-26(24)36(33)30(40)41-8/h10-13,21-23,25,27,37H,9,14-19H2,1-8H3,(H,35,38)/t25-,27?,31-,32+,33-/m1/s1. The van der Waals surface area contributed by atoms with E-state index < -0.39 is 54.8 Å². The highest BCUT2D eigenvalue weighted by Gasteiger charge is 2.72. The van der Waals surface area contributed by atoms with Gasteiger partial charge in [0.05, 0.1) is 36.9 Å². The number of carbonyl (C=O) groups excluding carboxylic acids is 3. The Balaban J connectivity index is 1.92. The first-order valence-electron chi connectivity index (χ1n) is 15.9. The summed E-state index contributed by atoms with van der Waals surface area (Å²) in [6.07, 6.45) is -0.847. The molecule has 0 aromatic heterocycles. The van der Waals surface area contributed by atoms with Crippen molar-refractivity contribution in [2.45, 2.75) is 120 Å². The van der Waals surface area contributed by atoms with Gasteiger partial charge in [0.15, 0.2) is 8.32 Å². The van der Waals surface area contributed by atoms with Gasteiger partial charge in [0, 0.05) is 18.6 Å². The van der Waals surface area contributed by atoms with Crippen LogP contribution in [0.5, 0.6) is 0 Å². The second-order valence-electron chi connectivity index (χ2n) is 13.7. The van der Waals surface area contributed by atoms with Crippen molar-refractivity contribution in [1.82, 2.24) is 5.32 Å². The van der Waals surface area contributed by atoms with Gasteiger partial charge in [0.2, 0.25) is 5.91 Å². The van der Waals surface area contributed by atoms with Crippen molar-refractivity contribution >= 4 is 32.0 Å². The third-order valence-electron chi connectivity index (χ3n) is 10.8. The number of amides is 2. The first kappa shape index (κ1) is 33.9. The molecule has 1 aromatic carbocycles. The van der Waals surface area contributed by atoms with Crippen LogP contribution in [0.3, 0.4) is 0 Å². The minimum absolute atomic E-state index is 0.100. The molecule has 2 heterocycles. The fraction of sp³-hybridized carbons (Fsp3) is 0.697. The van der Waals surface area contributed by atoms with Gasteiger partial charge < -0.3 is 24.3 Å². The Morgan fingerprint density at radius 1 is 1.11 bits per heavy atom. The van der Waals surface area contributed by atoms with Crippen LogP contribution in [0, 0.1) is 17.2 Å². The number of aliphatic hydroxyl groups excluding tert-OH is 1. The van der Waals surface area contributed by atoms with Gasteiger partial charge in [0.1, 0.15) is 11.5 Å². The van der Waals surface area contributed by atoms with E-state index in [0.717, 1.165) is 0 Å². The molecule has 10 nitrogen and oxygen atoms in total. The smallest absolute Gasteiger partial charge is 0.414 e. The molecule has 11 heteroatoms. The molecule has 1 saturated carbocycles. The molecule has 5 atom stereocenters. The van der Waals surface area contributed by atoms with Crippen molar-refractivity contribution in [3.05, 3.63) is 29.8 Å². The average Bonchev–Trinajstić information content (AvgIpc) is 3.39. The van der Waals surface area contributed by atoms with Crippen LogP contribution in [-0.4, -0.2) is 68.9 Å². The third-order valence-corrected chi connectivity index (χ3v) is 16.9. The van der Waals surface area contributed by atoms with Gasteiger partial charge in [-0.2, -0.15) is 5.26 Å². The molecule has 1 saturated heterocycles. The lowest BCUT2D eigenvalue weighted by molar-refractivity contribution is -0.155. The lowest BCUT2D eigenvalue weighted by Crippen LogP contribution is -2.70. The maximum absolute atomic E-state index is 14.1. The van der Waals surface area contributed by atoms with E-state index in [-0.39, 0.29) is 38.9 Å². The molecule has 0 radical (unpaired) electrons. The van der Waals surface area contributed by atoms with Crippen LogP contribution in [-0.2, 0) is 28.9 Å². The Morgan fingerprint density at radius 2 is 1.75 bits per heavy atom. The van der Waals surface area contributed by atoms with Crippen molar-refractivity contribution in [2.75, 3.05) is 25.2 Å². The van der Waals surface area contributed by atoms with Crippen molar-refractivity contribution in [3.63, 3.8) is 0 Å². The minimum Gasteiger partial charge on any atom is -0.466 e. The number of hydrogen-bond donors (Lipinski definition) is 2. The van der Waals surface area contributed by atoms with Crippen molar-refractivity contribution in [3.8, 4) is 6.07 Å². The monoisotopic (exact) mass is 627 g/mol. The number of fused-ring (bicyclic) bond motifs is 1. The van der Waals surface area contributed by atoms with E-state index in [4.69, 9.17) is 13.9 Å². The van der Waals surface area contributed by atoms with Gasteiger partial charge in [-0.25, -0.2) is 4.79 Å². The first-order valence-corrected chi connectivity index (χ1v) is 18.1. The molecule has 44 heavy (non-hydrogen) atoms. The van der Waals surface area contributed by atoms with Gasteiger partial charge in [-0.15, -0.1) is 0 Å². The lowest BCUT2D eigenvalue weighted by atomic mass is 9.53. The van der Waals surface area contributed by atoms with E-state index in [0.29, 0.717) is 34.3 Å². The van der Waals surface area contributed by atoms with Gasteiger partial charge in [-0.3, -0.25) is 14.5 Å². The minimum atomic E-state index is -2.32. The number of nitrogens with zero attached hydrogens (tertiary/aromatic N) is 2. The summed E-state index contributed by atoms with van der Waals surface area (Å²) in [4.78, 5) is 41.9. The molecular weight excluding hydrogens is 578 g/mol. The molecule has 1 unspecified atom stereocenters. The van der Waals surface area contributed by atoms with E-state index in [1.165, 1.54) is 12.0 Å².